The van der Waals surface area contributed by atoms with Crippen LogP contribution in [-0.4, -0.2) is 36.4 Å². The molecule has 82 valence electrons. The number of carbonyl (C=O) groups excluding carboxylic acids is 1. The van der Waals surface area contributed by atoms with Gasteiger partial charge in [0, 0.05) is 0 Å². The fourth-order valence-electron chi connectivity index (χ4n) is 2.17. The number of carbonyl (C=O) groups is 1. The van der Waals surface area contributed by atoms with Crippen molar-refractivity contribution in [3.8, 4) is 0 Å². The van der Waals surface area contributed by atoms with Gasteiger partial charge in [-0.25, -0.2) is 0 Å². The maximum absolute atomic E-state index is 11.5. The molecule has 0 aromatic heterocycles. The highest BCUT2D eigenvalue weighted by Gasteiger charge is 2.38. The van der Waals surface area contributed by atoms with Crippen molar-refractivity contribution < 1.29 is 33.3 Å². The number of quaternary nitrogens is 1. The summed E-state index contributed by atoms with van der Waals surface area (Å²) in [6, 6.07) is 0.446. The lowest BCUT2D eigenvalue weighted by molar-refractivity contribution is -0.930. The third kappa shape index (κ3) is 2.79. The van der Waals surface area contributed by atoms with Gasteiger partial charge in [-0.05, 0) is 13.0 Å². The smallest absolute Gasteiger partial charge is 0.147 e. The summed E-state index contributed by atoms with van der Waals surface area (Å²) >= 11 is 0. The van der Waals surface area contributed by atoms with Crippen LogP contribution in [0.5, 0.6) is 0 Å². The molecule has 1 heterocycles. The van der Waals surface area contributed by atoms with Crippen LogP contribution < -0.4 is 24.0 Å². The Bertz CT molecular complexity index is 229. The molecule has 0 radical (unpaired) electrons. The predicted molar refractivity (Wildman–Crippen MR) is 54.4 cm³/mol. The Morgan fingerprint density at radius 2 is 2.14 bits per heavy atom. The van der Waals surface area contributed by atoms with Crippen LogP contribution in [0.4, 0.5) is 0 Å². The minimum Gasteiger partial charge on any atom is -1.00 e. The second kappa shape index (κ2) is 5.26. The normalized spacial score (nSPS) is 37.5. The van der Waals surface area contributed by atoms with E-state index in [0.717, 1.165) is 24.0 Å². The number of ketones is 1. The third-order valence-electron chi connectivity index (χ3n) is 3.35. The highest BCUT2D eigenvalue weighted by molar-refractivity contribution is 5.81. The van der Waals surface area contributed by atoms with E-state index in [-0.39, 0.29) is 29.9 Å². The summed E-state index contributed by atoms with van der Waals surface area (Å²) in [6.07, 6.45) is 2.69. The number of rotatable bonds is 2. The first-order valence-corrected chi connectivity index (χ1v) is 4.97. The summed E-state index contributed by atoms with van der Waals surface area (Å²) in [4.78, 5) is 11.5. The van der Waals surface area contributed by atoms with Crippen LogP contribution in [0.2, 0.25) is 0 Å². The molecule has 1 saturated heterocycles. The lowest BCUT2D eigenvalue weighted by Gasteiger charge is -2.44. The van der Waals surface area contributed by atoms with Crippen molar-refractivity contribution in [2.75, 3.05) is 20.1 Å². The standard InChI is InChI=1S/C11H20NO.HI/c1-5-6-12(4)8-9(2)11(13)7-10(12)3;/h5,9-10H,1,6-8H2,2-4H3;1H/q+1;/p-1. The molecule has 0 aromatic carbocycles. The van der Waals surface area contributed by atoms with E-state index in [9.17, 15) is 4.79 Å². The fraction of sp³-hybridized carbons (Fsp3) is 0.727. The molecule has 0 bridgehead atoms. The maximum Gasteiger partial charge on any atom is 0.147 e. The molecule has 0 N–H and O–H groups in total. The van der Waals surface area contributed by atoms with Gasteiger partial charge >= 0.3 is 0 Å². The summed E-state index contributed by atoms with van der Waals surface area (Å²) in [7, 11) is 2.22. The average Bonchev–Trinajstić information content (AvgIpc) is 2.02. The van der Waals surface area contributed by atoms with E-state index in [1.807, 2.05) is 13.0 Å². The number of likely N-dealkylation sites (N-methyl/N-ethyl adjacent to an activating group) is 1. The van der Waals surface area contributed by atoms with Gasteiger partial charge in [0.15, 0.2) is 0 Å². The summed E-state index contributed by atoms with van der Waals surface area (Å²) in [5.74, 6) is 0.647. The van der Waals surface area contributed by atoms with Gasteiger partial charge in [0.2, 0.25) is 0 Å². The van der Waals surface area contributed by atoms with Crippen LogP contribution in [0.1, 0.15) is 20.3 Å². The number of nitrogens with zero attached hydrogens (tertiary/aromatic N) is 1. The van der Waals surface area contributed by atoms with Crippen molar-refractivity contribution >= 4 is 5.78 Å². The zero-order valence-corrected chi connectivity index (χ0v) is 11.5. The first-order chi connectivity index (χ1) is 5.99. The number of hydrogen-bond acceptors (Lipinski definition) is 1. The van der Waals surface area contributed by atoms with Crippen LogP contribution in [0.3, 0.4) is 0 Å². The Hall–Kier alpha value is 0.100. The molecule has 0 spiro atoms. The number of halogens is 1. The van der Waals surface area contributed by atoms with Crippen LogP contribution in [0.15, 0.2) is 12.7 Å². The molecule has 0 amide bonds. The second-order valence-corrected chi connectivity index (χ2v) is 4.55. The van der Waals surface area contributed by atoms with E-state index in [2.05, 4.69) is 20.6 Å². The van der Waals surface area contributed by atoms with Crippen LogP contribution in [0.25, 0.3) is 0 Å². The molecule has 0 saturated carbocycles. The van der Waals surface area contributed by atoms with E-state index in [0.29, 0.717) is 11.8 Å². The first kappa shape index (κ1) is 14.1. The van der Waals surface area contributed by atoms with Crippen molar-refractivity contribution in [3.05, 3.63) is 12.7 Å². The van der Waals surface area contributed by atoms with Gasteiger partial charge in [0.1, 0.15) is 5.78 Å². The molecule has 3 unspecified atom stereocenters. The van der Waals surface area contributed by atoms with Gasteiger partial charge < -0.3 is 28.5 Å². The van der Waals surface area contributed by atoms with E-state index < -0.39 is 0 Å². The molecule has 1 aliphatic rings. The molecule has 14 heavy (non-hydrogen) atoms. The number of Topliss-reactive ketones (excluding diaryl/α,β-unsaturated/α-hetero) is 1. The molecule has 3 atom stereocenters. The number of likely N-dealkylation sites (tertiary alicyclic amines) is 1. The Kier molecular flexibility index (Phi) is 5.30. The third-order valence-corrected chi connectivity index (χ3v) is 3.35. The average molecular weight is 309 g/mol. The highest BCUT2D eigenvalue weighted by atomic mass is 127. The van der Waals surface area contributed by atoms with Gasteiger partial charge in [0.05, 0.1) is 38.5 Å². The molecule has 1 aliphatic heterocycles. The largest absolute Gasteiger partial charge is 1.00 e. The predicted octanol–water partition coefficient (Wildman–Crippen LogP) is -1.38. The van der Waals surface area contributed by atoms with Crippen LogP contribution >= 0.6 is 0 Å². The highest BCUT2D eigenvalue weighted by Crippen LogP contribution is 2.24. The number of piperidine rings is 1. The molecule has 2 nitrogen and oxygen atoms in total. The van der Waals surface area contributed by atoms with E-state index in [1.165, 1.54) is 0 Å². The molecule has 0 aromatic rings. The van der Waals surface area contributed by atoms with Gasteiger partial charge in [0.25, 0.3) is 0 Å². The van der Waals surface area contributed by atoms with Gasteiger partial charge in [-0.3, -0.25) is 4.79 Å². The molecular weight excluding hydrogens is 289 g/mol. The summed E-state index contributed by atoms with van der Waals surface area (Å²) < 4.78 is 0.969. The molecule has 1 rings (SSSR count). The first-order valence-electron chi connectivity index (χ1n) is 4.97. The van der Waals surface area contributed by atoms with Crippen molar-refractivity contribution in [1.82, 2.24) is 0 Å². The Labute approximate surface area is 104 Å². The second-order valence-electron chi connectivity index (χ2n) is 4.55. The van der Waals surface area contributed by atoms with E-state index in [1.54, 1.807) is 0 Å². The Balaban J connectivity index is 0.00000169. The minimum absolute atomic E-state index is 0. The molecule has 0 aliphatic carbocycles. The number of hydrogen-bond donors (Lipinski definition) is 0. The maximum atomic E-state index is 11.5. The van der Waals surface area contributed by atoms with Crippen molar-refractivity contribution in [2.24, 2.45) is 5.92 Å². The van der Waals surface area contributed by atoms with Gasteiger partial charge in [-0.2, -0.15) is 0 Å². The van der Waals surface area contributed by atoms with E-state index >= 15 is 0 Å². The van der Waals surface area contributed by atoms with E-state index in [4.69, 9.17) is 0 Å². The Morgan fingerprint density at radius 1 is 1.57 bits per heavy atom. The Morgan fingerprint density at radius 3 is 2.64 bits per heavy atom. The van der Waals surface area contributed by atoms with Crippen LogP contribution in [-0.2, 0) is 4.79 Å². The lowest BCUT2D eigenvalue weighted by Crippen LogP contribution is -3.00. The topological polar surface area (TPSA) is 17.1 Å². The fourth-order valence-corrected chi connectivity index (χ4v) is 2.17. The summed E-state index contributed by atoms with van der Waals surface area (Å²) in [5.41, 5.74) is 0. The quantitative estimate of drug-likeness (QED) is 0.349. The van der Waals surface area contributed by atoms with Crippen molar-refractivity contribution in [3.63, 3.8) is 0 Å². The molecular formula is C11H20INO. The summed E-state index contributed by atoms with van der Waals surface area (Å²) in [6.45, 7) is 9.91. The van der Waals surface area contributed by atoms with Gasteiger partial charge in [-0.15, -0.1) is 0 Å². The zero-order valence-electron chi connectivity index (χ0n) is 9.29. The molecule has 3 heteroatoms. The van der Waals surface area contributed by atoms with Gasteiger partial charge in [-0.1, -0.05) is 13.5 Å². The molecule has 1 fully saturated rings. The monoisotopic (exact) mass is 309 g/mol. The van der Waals surface area contributed by atoms with Crippen LogP contribution in [0, 0.1) is 5.92 Å². The zero-order chi connectivity index (χ0) is 10.1. The lowest BCUT2D eigenvalue weighted by atomic mass is 9.91. The minimum atomic E-state index is 0. The van der Waals surface area contributed by atoms with Crippen molar-refractivity contribution in [2.45, 2.75) is 26.3 Å². The summed E-state index contributed by atoms with van der Waals surface area (Å²) in [5, 5.41) is 0. The van der Waals surface area contributed by atoms with Crippen molar-refractivity contribution in [1.29, 1.82) is 0 Å². The SMILES string of the molecule is C=CC[N+]1(C)CC(C)C(=O)CC1C.[I-].